The van der Waals surface area contributed by atoms with Crippen LogP contribution in [0.5, 0.6) is 0 Å². The fraction of sp³-hybridized carbons (Fsp3) is 0.846. The molecule has 1 rings (SSSR count). The fourth-order valence-electron chi connectivity index (χ4n) is 2.47. The Morgan fingerprint density at radius 2 is 1.53 bits per heavy atom. The zero-order valence-electron chi connectivity index (χ0n) is 10.7. The highest BCUT2D eigenvalue weighted by Crippen LogP contribution is 2.23. The van der Waals surface area contributed by atoms with Crippen molar-refractivity contribution in [3.8, 4) is 0 Å². The van der Waals surface area contributed by atoms with Crippen molar-refractivity contribution in [3.63, 3.8) is 0 Å². The van der Waals surface area contributed by atoms with Crippen molar-refractivity contribution in [2.45, 2.75) is 51.4 Å². The summed E-state index contributed by atoms with van der Waals surface area (Å²) in [6.45, 7) is -0.185. The Morgan fingerprint density at radius 1 is 1.06 bits per heavy atom. The number of rotatable bonds is 3. The van der Waals surface area contributed by atoms with Gasteiger partial charge in [-0.3, -0.25) is 9.59 Å². The van der Waals surface area contributed by atoms with Crippen LogP contribution in [0, 0.1) is 5.92 Å². The second-order valence-corrected chi connectivity index (χ2v) is 4.98. The third-order valence-electron chi connectivity index (χ3n) is 3.45. The topological polar surface area (TPSA) is 57.6 Å². The van der Waals surface area contributed by atoms with Gasteiger partial charge in [-0.1, -0.05) is 38.5 Å². The maximum absolute atomic E-state index is 12.1. The van der Waals surface area contributed by atoms with E-state index in [0.29, 0.717) is 0 Å². The van der Waals surface area contributed by atoms with Crippen LogP contribution >= 0.6 is 0 Å². The van der Waals surface area contributed by atoms with E-state index in [9.17, 15) is 9.59 Å². The summed E-state index contributed by atoms with van der Waals surface area (Å²) in [5.74, 6) is -0.893. The number of nitrogens with zero attached hydrogens (tertiary/aromatic N) is 1. The summed E-state index contributed by atoms with van der Waals surface area (Å²) in [5.41, 5.74) is 0. The smallest absolute Gasteiger partial charge is 0.323 e. The van der Waals surface area contributed by atoms with Gasteiger partial charge >= 0.3 is 5.97 Å². The molecule has 0 bridgehead atoms. The van der Waals surface area contributed by atoms with Crippen LogP contribution in [0.3, 0.4) is 0 Å². The molecule has 4 heteroatoms. The van der Waals surface area contributed by atoms with Gasteiger partial charge in [0.2, 0.25) is 5.91 Å². The molecule has 1 fully saturated rings. The first kappa shape index (κ1) is 14.0. The van der Waals surface area contributed by atoms with E-state index in [0.717, 1.165) is 25.7 Å². The molecule has 1 aliphatic rings. The highest BCUT2D eigenvalue weighted by Gasteiger charge is 2.23. The first-order valence-corrected chi connectivity index (χ1v) is 6.58. The van der Waals surface area contributed by atoms with Crippen molar-refractivity contribution < 1.29 is 14.7 Å². The predicted molar refractivity (Wildman–Crippen MR) is 65.7 cm³/mol. The van der Waals surface area contributed by atoms with E-state index >= 15 is 0 Å². The first-order valence-electron chi connectivity index (χ1n) is 6.58. The largest absolute Gasteiger partial charge is 0.480 e. The van der Waals surface area contributed by atoms with Gasteiger partial charge in [0.25, 0.3) is 0 Å². The number of carbonyl (C=O) groups excluding carboxylic acids is 1. The van der Waals surface area contributed by atoms with Gasteiger partial charge in [0.1, 0.15) is 6.54 Å². The third kappa shape index (κ3) is 5.20. The van der Waals surface area contributed by atoms with E-state index in [1.807, 2.05) is 0 Å². The Labute approximate surface area is 103 Å². The number of carboxylic acids is 1. The Hall–Kier alpha value is -1.06. The number of hydrogen-bond donors (Lipinski definition) is 1. The van der Waals surface area contributed by atoms with Gasteiger partial charge in [0.15, 0.2) is 0 Å². The maximum atomic E-state index is 12.1. The average Bonchev–Trinajstić information content (AvgIpc) is 2.40. The Morgan fingerprint density at radius 3 is 2.00 bits per heavy atom. The van der Waals surface area contributed by atoms with Crippen molar-refractivity contribution in [2.75, 3.05) is 13.6 Å². The molecular weight excluding hydrogens is 218 g/mol. The molecule has 0 saturated heterocycles. The summed E-state index contributed by atoms with van der Waals surface area (Å²) in [6, 6.07) is 0. The minimum Gasteiger partial charge on any atom is -0.480 e. The van der Waals surface area contributed by atoms with Crippen LogP contribution < -0.4 is 0 Å². The monoisotopic (exact) mass is 241 g/mol. The number of carboxylic acid groups (broad SMARTS) is 1. The third-order valence-corrected chi connectivity index (χ3v) is 3.45. The van der Waals surface area contributed by atoms with E-state index in [4.69, 9.17) is 5.11 Å². The lowest BCUT2D eigenvalue weighted by atomic mass is 9.95. The molecule has 0 aromatic carbocycles. The van der Waals surface area contributed by atoms with Crippen molar-refractivity contribution in [2.24, 2.45) is 5.92 Å². The summed E-state index contributed by atoms with van der Waals surface area (Å²) in [7, 11) is 1.59. The molecule has 0 radical (unpaired) electrons. The lowest BCUT2D eigenvalue weighted by molar-refractivity contribution is -0.145. The van der Waals surface area contributed by atoms with Gasteiger partial charge in [0, 0.05) is 13.0 Å². The van der Waals surface area contributed by atoms with E-state index in [2.05, 4.69) is 0 Å². The molecule has 0 aromatic rings. The molecule has 1 N–H and O–H groups in total. The van der Waals surface area contributed by atoms with Crippen molar-refractivity contribution >= 4 is 11.9 Å². The second kappa shape index (κ2) is 7.30. The number of carbonyl (C=O) groups is 2. The molecule has 1 saturated carbocycles. The van der Waals surface area contributed by atoms with Crippen LogP contribution in [0.1, 0.15) is 51.4 Å². The molecule has 1 aliphatic carbocycles. The van der Waals surface area contributed by atoms with Gasteiger partial charge in [-0.15, -0.1) is 0 Å². The molecule has 0 aliphatic heterocycles. The molecule has 0 spiro atoms. The molecule has 0 aromatic heterocycles. The van der Waals surface area contributed by atoms with E-state index < -0.39 is 5.97 Å². The number of likely N-dealkylation sites (N-methyl/N-ethyl adjacent to an activating group) is 1. The molecular formula is C13H23NO3. The minimum absolute atomic E-state index is 0.00861. The normalized spacial score (nSPS) is 18.9. The molecule has 0 heterocycles. The summed E-state index contributed by atoms with van der Waals surface area (Å²) in [4.78, 5) is 24.0. The van der Waals surface area contributed by atoms with E-state index in [1.165, 1.54) is 30.6 Å². The van der Waals surface area contributed by atoms with Crippen LogP contribution in [-0.4, -0.2) is 35.5 Å². The Balaban J connectivity index is 2.48. The maximum Gasteiger partial charge on any atom is 0.323 e. The summed E-state index contributed by atoms with van der Waals surface area (Å²) >= 11 is 0. The van der Waals surface area contributed by atoms with Crippen molar-refractivity contribution in [1.29, 1.82) is 0 Å². The summed E-state index contributed by atoms with van der Waals surface area (Å²) < 4.78 is 0. The number of aliphatic carboxylic acids is 1. The number of hydrogen-bond acceptors (Lipinski definition) is 2. The highest BCUT2D eigenvalue weighted by molar-refractivity contribution is 5.82. The quantitative estimate of drug-likeness (QED) is 0.824. The van der Waals surface area contributed by atoms with Gasteiger partial charge in [0.05, 0.1) is 0 Å². The van der Waals surface area contributed by atoms with E-state index in [1.54, 1.807) is 7.05 Å². The van der Waals surface area contributed by atoms with Crippen LogP contribution in [0.2, 0.25) is 0 Å². The first-order chi connectivity index (χ1) is 8.11. The zero-order valence-corrected chi connectivity index (χ0v) is 10.7. The van der Waals surface area contributed by atoms with Crippen LogP contribution in [0.15, 0.2) is 0 Å². The molecule has 4 nitrogen and oxygen atoms in total. The van der Waals surface area contributed by atoms with Gasteiger partial charge in [-0.05, 0) is 12.8 Å². The lowest BCUT2D eigenvalue weighted by Gasteiger charge is -2.22. The molecule has 1 amide bonds. The van der Waals surface area contributed by atoms with Gasteiger partial charge in [-0.25, -0.2) is 0 Å². The van der Waals surface area contributed by atoms with Gasteiger partial charge in [-0.2, -0.15) is 0 Å². The number of amides is 1. The predicted octanol–water partition coefficient (Wildman–Crippen LogP) is 2.28. The van der Waals surface area contributed by atoms with Gasteiger partial charge < -0.3 is 10.0 Å². The molecule has 0 atom stereocenters. The van der Waals surface area contributed by atoms with Crippen LogP contribution in [-0.2, 0) is 9.59 Å². The fourth-order valence-corrected chi connectivity index (χ4v) is 2.47. The van der Waals surface area contributed by atoms with Crippen LogP contribution in [0.4, 0.5) is 0 Å². The molecule has 98 valence electrons. The second-order valence-electron chi connectivity index (χ2n) is 4.98. The molecule has 0 unspecified atom stereocenters. The van der Waals surface area contributed by atoms with Crippen LogP contribution in [0.25, 0.3) is 0 Å². The van der Waals surface area contributed by atoms with Crippen molar-refractivity contribution in [3.05, 3.63) is 0 Å². The average molecular weight is 241 g/mol. The minimum atomic E-state index is -0.941. The summed E-state index contributed by atoms with van der Waals surface area (Å²) in [6.07, 6.45) is 8.97. The van der Waals surface area contributed by atoms with E-state index in [-0.39, 0.29) is 18.4 Å². The highest BCUT2D eigenvalue weighted by atomic mass is 16.4. The van der Waals surface area contributed by atoms with Crippen molar-refractivity contribution in [1.82, 2.24) is 4.90 Å². The Bertz CT molecular complexity index is 255. The zero-order chi connectivity index (χ0) is 12.7. The Kier molecular flexibility index (Phi) is 6.01. The lowest BCUT2D eigenvalue weighted by Crippen LogP contribution is -2.36. The standard InChI is InChI=1S/C13H23NO3/c1-14(10-12(15)16)13(17)11-8-6-4-2-3-5-7-9-11/h11H,2-10H2,1H3,(H,15,16). The summed E-state index contributed by atoms with van der Waals surface area (Å²) in [5, 5.41) is 8.68. The SMILES string of the molecule is CN(CC(=O)O)C(=O)C1CCCCCCCC1. The molecule has 17 heavy (non-hydrogen) atoms.